The van der Waals surface area contributed by atoms with Crippen molar-refractivity contribution < 1.29 is 10.2 Å². The van der Waals surface area contributed by atoms with Crippen LogP contribution in [0.4, 0.5) is 0 Å². The van der Waals surface area contributed by atoms with Gasteiger partial charge in [0.2, 0.25) is 0 Å². The van der Waals surface area contributed by atoms with Crippen LogP contribution in [-0.4, -0.2) is 23.4 Å². The fraction of sp³-hybridized carbons (Fsp3) is 0.375. The molecule has 0 atom stereocenters. The van der Waals surface area contributed by atoms with E-state index in [-0.39, 0.29) is 13.2 Å². The molecule has 0 bridgehead atoms. The summed E-state index contributed by atoms with van der Waals surface area (Å²) < 4.78 is 0. The highest BCUT2D eigenvalue weighted by molar-refractivity contribution is 7.12. The highest BCUT2D eigenvalue weighted by Crippen LogP contribution is 2.31. The Hall–Kier alpha value is -1.16. The van der Waals surface area contributed by atoms with Crippen molar-refractivity contribution in [3.8, 4) is 0 Å². The van der Waals surface area contributed by atoms with E-state index in [9.17, 15) is 10.2 Å². The maximum Gasteiger partial charge on any atom is 0.0553 e. The Morgan fingerprint density at radius 2 is 1.58 bits per heavy atom. The zero-order chi connectivity index (χ0) is 13.7. The molecule has 0 aliphatic carbocycles. The maximum atomic E-state index is 9.80. The average molecular weight is 276 g/mol. The number of aliphatic hydroxyl groups is 2. The molecule has 0 radical (unpaired) electrons. The summed E-state index contributed by atoms with van der Waals surface area (Å²) in [5.74, 6) is 0. The first-order chi connectivity index (χ1) is 9.24. The van der Waals surface area contributed by atoms with Crippen LogP contribution in [0.25, 0.3) is 0 Å². The molecule has 0 spiro atoms. The van der Waals surface area contributed by atoms with Gasteiger partial charge >= 0.3 is 0 Å². The highest BCUT2D eigenvalue weighted by Gasteiger charge is 2.31. The van der Waals surface area contributed by atoms with Crippen LogP contribution in [0.15, 0.2) is 42.5 Å². The molecule has 0 saturated heterocycles. The van der Waals surface area contributed by atoms with E-state index in [0.29, 0.717) is 6.42 Å². The molecule has 2 rings (SSSR count). The van der Waals surface area contributed by atoms with Gasteiger partial charge in [0.05, 0.1) is 13.2 Å². The molecular weight excluding hydrogens is 256 g/mol. The van der Waals surface area contributed by atoms with E-state index >= 15 is 0 Å². The van der Waals surface area contributed by atoms with Crippen LogP contribution in [0.5, 0.6) is 0 Å². The number of thiophene rings is 1. The van der Waals surface area contributed by atoms with Crippen LogP contribution in [0.1, 0.15) is 22.2 Å². The monoisotopic (exact) mass is 276 g/mol. The minimum absolute atomic E-state index is 0.0487. The predicted octanol–water partition coefficient (Wildman–Crippen LogP) is 2.78. The fourth-order valence-electron chi connectivity index (χ4n) is 2.28. The van der Waals surface area contributed by atoms with E-state index in [1.54, 1.807) is 11.3 Å². The van der Waals surface area contributed by atoms with E-state index in [1.807, 2.05) is 30.3 Å². The normalized spacial score (nSPS) is 11.7. The van der Waals surface area contributed by atoms with Crippen molar-refractivity contribution in [2.24, 2.45) is 0 Å². The van der Waals surface area contributed by atoms with E-state index in [4.69, 9.17) is 0 Å². The minimum atomic E-state index is -0.586. The Balaban J connectivity index is 2.29. The van der Waals surface area contributed by atoms with Crippen molar-refractivity contribution >= 4 is 11.3 Å². The molecule has 1 heterocycles. The second-order valence-electron chi connectivity index (χ2n) is 4.86. The lowest BCUT2D eigenvalue weighted by molar-refractivity contribution is 0.117. The number of hydrogen-bond acceptors (Lipinski definition) is 3. The number of aryl methyl sites for hydroxylation is 1. The second-order valence-corrected chi connectivity index (χ2v) is 6.11. The second kappa shape index (κ2) is 6.33. The molecule has 2 aromatic rings. The molecule has 0 unspecified atom stereocenters. The summed E-state index contributed by atoms with van der Waals surface area (Å²) in [4.78, 5) is 2.55. The summed E-state index contributed by atoms with van der Waals surface area (Å²) in [6, 6.07) is 14.0. The number of aliphatic hydroxyl groups excluding tert-OH is 2. The Labute approximate surface area is 118 Å². The van der Waals surface area contributed by atoms with Crippen molar-refractivity contribution in [1.82, 2.24) is 0 Å². The molecule has 0 aliphatic rings. The summed E-state index contributed by atoms with van der Waals surface area (Å²) in [5, 5.41) is 19.6. The Kier molecular flexibility index (Phi) is 4.75. The van der Waals surface area contributed by atoms with Gasteiger partial charge in [-0.15, -0.1) is 11.3 Å². The molecule has 0 fully saturated rings. The maximum absolute atomic E-state index is 9.80. The molecule has 0 amide bonds. The molecule has 19 heavy (non-hydrogen) atoms. The average Bonchev–Trinajstić information content (AvgIpc) is 2.93. The van der Waals surface area contributed by atoms with Crippen LogP contribution < -0.4 is 0 Å². The molecule has 0 aliphatic heterocycles. The van der Waals surface area contributed by atoms with Gasteiger partial charge in [0, 0.05) is 15.2 Å². The van der Waals surface area contributed by atoms with Gasteiger partial charge in [-0.25, -0.2) is 0 Å². The molecule has 2 nitrogen and oxygen atoms in total. The third kappa shape index (κ3) is 3.06. The lowest BCUT2D eigenvalue weighted by Crippen LogP contribution is -2.37. The van der Waals surface area contributed by atoms with Crippen LogP contribution >= 0.6 is 11.3 Å². The van der Waals surface area contributed by atoms with Gasteiger partial charge in [0.15, 0.2) is 0 Å². The van der Waals surface area contributed by atoms with Crippen molar-refractivity contribution in [3.05, 3.63) is 57.8 Å². The van der Waals surface area contributed by atoms with Crippen molar-refractivity contribution in [3.63, 3.8) is 0 Å². The minimum Gasteiger partial charge on any atom is -0.395 e. The third-order valence-corrected chi connectivity index (χ3v) is 4.80. The standard InChI is InChI=1S/C16H20O2S/c1-2-14-8-9-15(19-14)10-16(11-17,12-18)13-6-4-3-5-7-13/h3-9,17-18H,2,10-12H2,1H3. The smallest absolute Gasteiger partial charge is 0.0553 e. The highest BCUT2D eigenvalue weighted by atomic mass is 32.1. The largest absolute Gasteiger partial charge is 0.395 e. The number of rotatable bonds is 6. The van der Waals surface area contributed by atoms with Crippen LogP contribution in [-0.2, 0) is 18.3 Å². The SMILES string of the molecule is CCc1ccc(CC(CO)(CO)c2ccccc2)s1. The Morgan fingerprint density at radius 3 is 2.11 bits per heavy atom. The summed E-state index contributed by atoms with van der Waals surface area (Å²) in [6.07, 6.45) is 1.70. The van der Waals surface area contributed by atoms with Crippen molar-refractivity contribution in [2.75, 3.05) is 13.2 Å². The van der Waals surface area contributed by atoms with Gasteiger partial charge in [-0.2, -0.15) is 0 Å². The quantitative estimate of drug-likeness (QED) is 0.851. The lowest BCUT2D eigenvalue weighted by atomic mass is 9.78. The molecule has 1 aromatic carbocycles. The van der Waals surface area contributed by atoms with Crippen molar-refractivity contribution in [1.29, 1.82) is 0 Å². The van der Waals surface area contributed by atoms with E-state index in [1.165, 1.54) is 9.75 Å². The van der Waals surface area contributed by atoms with E-state index < -0.39 is 5.41 Å². The molecule has 1 aromatic heterocycles. The van der Waals surface area contributed by atoms with E-state index in [2.05, 4.69) is 19.1 Å². The van der Waals surface area contributed by atoms with Crippen LogP contribution in [0.3, 0.4) is 0 Å². The topological polar surface area (TPSA) is 40.5 Å². The van der Waals surface area contributed by atoms with Gasteiger partial charge in [-0.1, -0.05) is 37.3 Å². The van der Waals surface area contributed by atoms with Gasteiger partial charge in [-0.05, 0) is 30.5 Å². The first-order valence-corrected chi connectivity index (χ1v) is 7.40. The zero-order valence-electron chi connectivity index (χ0n) is 11.2. The summed E-state index contributed by atoms with van der Waals surface area (Å²) in [5.41, 5.74) is 0.406. The lowest BCUT2D eigenvalue weighted by Gasteiger charge is -2.30. The van der Waals surface area contributed by atoms with Gasteiger partial charge in [0.25, 0.3) is 0 Å². The van der Waals surface area contributed by atoms with Gasteiger partial charge < -0.3 is 10.2 Å². The van der Waals surface area contributed by atoms with Gasteiger partial charge in [0.1, 0.15) is 0 Å². The Morgan fingerprint density at radius 1 is 0.947 bits per heavy atom. The van der Waals surface area contributed by atoms with Crippen molar-refractivity contribution in [2.45, 2.75) is 25.2 Å². The molecule has 102 valence electrons. The first kappa shape index (κ1) is 14.3. The van der Waals surface area contributed by atoms with Crippen LogP contribution in [0, 0.1) is 0 Å². The zero-order valence-corrected chi connectivity index (χ0v) is 12.0. The summed E-state index contributed by atoms with van der Waals surface area (Å²) in [7, 11) is 0. The van der Waals surface area contributed by atoms with Gasteiger partial charge in [-0.3, -0.25) is 0 Å². The Bertz CT molecular complexity index is 500. The molecule has 0 saturated carbocycles. The summed E-state index contributed by atoms with van der Waals surface area (Å²) >= 11 is 1.76. The number of hydrogen-bond donors (Lipinski definition) is 2. The molecular formula is C16H20O2S. The predicted molar refractivity (Wildman–Crippen MR) is 79.7 cm³/mol. The fourth-order valence-corrected chi connectivity index (χ4v) is 3.38. The summed E-state index contributed by atoms with van der Waals surface area (Å²) in [6.45, 7) is 2.04. The first-order valence-electron chi connectivity index (χ1n) is 6.59. The number of benzene rings is 1. The molecule has 3 heteroatoms. The van der Waals surface area contributed by atoms with Crippen LogP contribution in [0.2, 0.25) is 0 Å². The van der Waals surface area contributed by atoms with E-state index in [0.717, 1.165) is 12.0 Å². The molecule has 2 N–H and O–H groups in total. The third-order valence-electron chi connectivity index (χ3n) is 3.57.